The summed E-state index contributed by atoms with van der Waals surface area (Å²) in [6.07, 6.45) is 0.289. The average Bonchev–Trinajstić information content (AvgIpc) is 2.44. The molecule has 6 heteroatoms. The number of hydrogen-bond acceptors (Lipinski definition) is 3. The van der Waals surface area contributed by atoms with Gasteiger partial charge in [0.05, 0.1) is 6.54 Å². The molecule has 0 radical (unpaired) electrons. The van der Waals surface area contributed by atoms with Gasteiger partial charge in [-0.15, -0.1) is 0 Å². The molecule has 0 heterocycles. The third-order valence-corrected chi connectivity index (χ3v) is 2.79. The van der Waals surface area contributed by atoms with Crippen LogP contribution in [0.2, 0.25) is 0 Å². The van der Waals surface area contributed by atoms with Crippen LogP contribution >= 0.6 is 0 Å². The van der Waals surface area contributed by atoms with Gasteiger partial charge in [-0.1, -0.05) is 25.1 Å². The zero-order valence-electron chi connectivity index (χ0n) is 11.5. The Morgan fingerprint density at radius 3 is 2.35 bits per heavy atom. The van der Waals surface area contributed by atoms with Gasteiger partial charge in [-0.3, -0.25) is 9.59 Å². The molecule has 0 aliphatic rings. The molecule has 0 aliphatic carbocycles. The lowest BCUT2D eigenvalue weighted by atomic mass is 10.2. The standard InChI is InChI=1S/C14H18N2O4/c1-3-11(14(19)20)15-12(17)9-16(2)13(18)10-7-5-4-6-8-10/h4-8,11H,3,9H2,1-2H3,(H,15,17)(H,19,20)/t11-/m0/s1. The Kier molecular flexibility index (Phi) is 5.71. The predicted octanol–water partition coefficient (Wildman–Crippen LogP) is 0.738. The van der Waals surface area contributed by atoms with Crippen LogP contribution in [0.25, 0.3) is 0 Å². The van der Waals surface area contributed by atoms with Gasteiger partial charge in [0.2, 0.25) is 5.91 Å². The van der Waals surface area contributed by atoms with Crippen molar-refractivity contribution in [1.82, 2.24) is 10.2 Å². The van der Waals surface area contributed by atoms with Gasteiger partial charge >= 0.3 is 5.97 Å². The van der Waals surface area contributed by atoms with E-state index < -0.39 is 17.9 Å². The highest BCUT2D eigenvalue weighted by molar-refractivity contribution is 5.96. The van der Waals surface area contributed by atoms with Crippen molar-refractivity contribution >= 4 is 17.8 Å². The fraction of sp³-hybridized carbons (Fsp3) is 0.357. The van der Waals surface area contributed by atoms with Gasteiger partial charge in [-0.05, 0) is 18.6 Å². The predicted molar refractivity (Wildman–Crippen MR) is 73.3 cm³/mol. The van der Waals surface area contributed by atoms with Crippen LogP contribution in [0.15, 0.2) is 30.3 Å². The molecule has 1 rings (SSSR count). The second-order valence-corrected chi connectivity index (χ2v) is 4.39. The van der Waals surface area contributed by atoms with Crippen LogP contribution in [0, 0.1) is 0 Å². The lowest BCUT2D eigenvalue weighted by molar-refractivity contribution is -0.141. The number of nitrogens with one attached hydrogen (secondary N) is 1. The van der Waals surface area contributed by atoms with E-state index in [4.69, 9.17) is 5.11 Å². The number of hydrogen-bond donors (Lipinski definition) is 2. The normalized spacial score (nSPS) is 11.5. The van der Waals surface area contributed by atoms with E-state index in [1.165, 1.54) is 11.9 Å². The molecular formula is C14H18N2O4. The molecule has 1 aromatic carbocycles. The smallest absolute Gasteiger partial charge is 0.326 e. The van der Waals surface area contributed by atoms with E-state index >= 15 is 0 Å². The number of rotatable bonds is 6. The summed E-state index contributed by atoms with van der Waals surface area (Å²) in [7, 11) is 1.50. The molecule has 0 saturated carbocycles. The third-order valence-electron chi connectivity index (χ3n) is 2.79. The fourth-order valence-electron chi connectivity index (χ4n) is 1.67. The minimum atomic E-state index is -1.09. The van der Waals surface area contributed by atoms with Gasteiger partial charge in [0.15, 0.2) is 0 Å². The van der Waals surface area contributed by atoms with Crippen LogP contribution in [0.3, 0.4) is 0 Å². The Labute approximate surface area is 117 Å². The molecule has 0 aliphatic heterocycles. The van der Waals surface area contributed by atoms with Crippen molar-refractivity contribution in [2.45, 2.75) is 19.4 Å². The van der Waals surface area contributed by atoms with Crippen molar-refractivity contribution in [3.05, 3.63) is 35.9 Å². The second kappa shape index (κ2) is 7.28. The molecule has 0 saturated heterocycles. The summed E-state index contributed by atoms with van der Waals surface area (Å²) in [6.45, 7) is 1.48. The molecule has 0 bridgehead atoms. The van der Waals surface area contributed by atoms with Crippen LogP contribution < -0.4 is 5.32 Å². The number of nitrogens with zero attached hydrogens (tertiary/aromatic N) is 1. The molecular weight excluding hydrogens is 260 g/mol. The van der Waals surface area contributed by atoms with Crippen LogP contribution in [0.4, 0.5) is 0 Å². The van der Waals surface area contributed by atoms with Crippen molar-refractivity contribution < 1.29 is 19.5 Å². The fourth-order valence-corrected chi connectivity index (χ4v) is 1.67. The minimum Gasteiger partial charge on any atom is -0.480 e. The molecule has 1 aromatic rings. The molecule has 2 N–H and O–H groups in total. The van der Waals surface area contributed by atoms with Crippen LogP contribution in [-0.4, -0.2) is 47.4 Å². The minimum absolute atomic E-state index is 0.183. The molecule has 6 nitrogen and oxygen atoms in total. The zero-order valence-corrected chi connectivity index (χ0v) is 11.5. The number of carboxylic acid groups (broad SMARTS) is 1. The molecule has 1 atom stereocenters. The van der Waals surface area contributed by atoms with E-state index in [0.717, 1.165) is 0 Å². The summed E-state index contributed by atoms with van der Waals surface area (Å²) >= 11 is 0. The highest BCUT2D eigenvalue weighted by atomic mass is 16.4. The third kappa shape index (κ3) is 4.38. The molecule has 0 spiro atoms. The van der Waals surface area contributed by atoms with E-state index in [2.05, 4.69) is 5.32 Å². The van der Waals surface area contributed by atoms with Gasteiger partial charge in [0.1, 0.15) is 6.04 Å². The van der Waals surface area contributed by atoms with E-state index in [9.17, 15) is 14.4 Å². The molecule has 2 amide bonds. The highest BCUT2D eigenvalue weighted by Gasteiger charge is 2.20. The summed E-state index contributed by atoms with van der Waals surface area (Å²) in [6, 6.07) is 7.65. The Morgan fingerprint density at radius 1 is 1.25 bits per heavy atom. The van der Waals surface area contributed by atoms with E-state index in [0.29, 0.717) is 5.56 Å². The molecule has 0 aromatic heterocycles. The summed E-state index contributed by atoms with van der Waals surface area (Å²) in [4.78, 5) is 35.8. The van der Waals surface area contributed by atoms with Crippen LogP contribution in [0.5, 0.6) is 0 Å². The van der Waals surface area contributed by atoms with Gasteiger partial charge in [0, 0.05) is 12.6 Å². The van der Waals surface area contributed by atoms with E-state index in [1.54, 1.807) is 37.3 Å². The number of carboxylic acids is 1. The summed E-state index contributed by atoms with van der Waals surface area (Å²) in [5.41, 5.74) is 0.480. The van der Waals surface area contributed by atoms with Gasteiger partial charge in [-0.25, -0.2) is 4.79 Å². The Bertz CT molecular complexity index is 487. The summed E-state index contributed by atoms with van der Waals surface area (Å²) in [5.74, 6) is -1.87. The largest absolute Gasteiger partial charge is 0.480 e. The Hall–Kier alpha value is -2.37. The maximum absolute atomic E-state index is 12.0. The number of carbonyl (C=O) groups excluding carboxylic acids is 2. The van der Waals surface area contributed by atoms with Crippen molar-refractivity contribution in [2.75, 3.05) is 13.6 Å². The number of benzene rings is 1. The SMILES string of the molecule is CC[C@H](NC(=O)CN(C)C(=O)c1ccccc1)C(=O)O. The topological polar surface area (TPSA) is 86.7 Å². The lowest BCUT2D eigenvalue weighted by Crippen LogP contribution is -2.45. The molecule has 20 heavy (non-hydrogen) atoms. The van der Waals surface area contributed by atoms with Crippen molar-refractivity contribution in [3.8, 4) is 0 Å². The first-order chi connectivity index (χ1) is 9.45. The highest BCUT2D eigenvalue weighted by Crippen LogP contribution is 2.02. The summed E-state index contributed by atoms with van der Waals surface area (Å²) < 4.78 is 0. The Balaban J connectivity index is 2.57. The Morgan fingerprint density at radius 2 is 1.85 bits per heavy atom. The van der Waals surface area contributed by atoms with Gasteiger partial charge in [0.25, 0.3) is 5.91 Å². The first kappa shape index (κ1) is 15.7. The monoisotopic (exact) mass is 278 g/mol. The second-order valence-electron chi connectivity index (χ2n) is 4.39. The van der Waals surface area contributed by atoms with Gasteiger partial charge in [-0.2, -0.15) is 0 Å². The molecule has 108 valence electrons. The first-order valence-corrected chi connectivity index (χ1v) is 6.28. The quantitative estimate of drug-likeness (QED) is 0.803. The zero-order chi connectivity index (χ0) is 15.1. The maximum Gasteiger partial charge on any atom is 0.326 e. The molecule has 0 fully saturated rings. The van der Waals surface area contributed by atoms with Crippen molar-refractivity contribution in [2.24, 2.45) is 0 Å². The van der Waals surface area contributed by atoms with Gasteiger partial charge < -0.3 is 15.3 Å². The van der Waals surface area contributed by atoms with Crippen LogP contribution in [0.1, 0.15) is 23.7 Å². The number of carbonyl (C=O) groups is 3. The van der Waals surface area contributed by atoms with E-state index in [-0.39, 0.29) is 18.9 Å². The first-order valence-electron chi connectivity index (χ1n) is 6.28. The number of likely N-dealkylation sites (N-methyl/N-ethyl adjacent to an activating group) is 1. The van der Waals surface area contributed by atoms with E-state index in [1.807, 2.05) is 0 Å². The summed E-state index contributed by atoms with van der Waals surface area (Å²) in [5, 5.41) is 11.2. The number of aliphatic carboxylic acids is 1. The molecule has 0 unspecified atom stereocenters. The number of amides is 2. The average molecular weight is 278 g/mol. The van der Waals surface area contributed by atoms with Crippen molar-refractivity contribution in [3.63, 3.8) is 0 Å². The maximum atomic E-state index is 12.0. The lowest BCUT2D eigenvalue weighted by Gasteiger charge is -2.18. The van der Waals surface area contributed by atoms with Crippen molar-refractivity contribution in [1.29, 1.82) is 0 Å². The van der Waals surface area contributed by atoms with Crippen LogP contribution in [-0.2, 0) is 9.59 Å².